The van der Waals surface area contributed by atoms with Crippen LogP contribution < -0.4 is 5.32 Å². The number of hydrogen-bond donors (Lipinski definition) is 2. The third-order valence-electron chi connectivity index (χ3n) is 2.72. The molecule has 0 rings (SSSR count). The maximum absolute atomic E-state index is 11.8. The quantitative estimate of drug-likeness (QED) is 0.700. The van der Waals surface area contributed by atoms with Crippen molar-refractivity contribution in [2.24, 2.45) is 0 Å². The van der Waals surface area contributed by atoms with E-state index < -0.39 is 12.1 Å². The van der Waals surface area contributed by atoms with E-state index in [4.69, 9.17) is 9.84 Å². The highest BCUT2D eigenvalue weighted by molar-refractivity contribution is 5.77. The summed E-state index contributed by atoms with van der Waals surface area (Å²) in [5.41, 5.74) is 0. The minimum absolute atomic E-state index is 0.0302. The number of carbonyl (C=O) groups is 2. The first-order valence-electron chi connectivity index (χ1n) is 5.77. The van der Waals surface area contributed by atoms with Crippen LogP contribution in [0, 0.1) is 0 Å². The van der Waals surface area contributed by atoms with E-state index in [1.54, 1.807) is 4.90 Å². The van der Waals surface area contributed by atoms with Crippen LogP contribution in [0.1, 0.15) is 27.2 Å². The molecule has 0 aromatic heterocycles. The fraction of sp³-hybridized carbons (Fsp3) is 0.818. The second-order valence-corrected chi connectivity index (χ2v) is 3.79. The SMILES string of the molecule is CCC(C)N(CC)C(=O)NCC(OC)C(=O)O. The van der Waals surface area contributed by atoms with Crippen molar-refractivity contribution in [2.75, 3.05) is 20.2 Å². The van der Waals surface area contributed by atoms with Crippen LogP contribution in [0.15, 0.2) is 0 Å². The van der Waals surface area contributed by atoms with Gasteiger partial charge in [-0.2, -0.15) is 0 Å². The number of carbonyl (C=O) groups excluding carboxylic acids is 1. The van der Waals surface area contributed by atoms with Crippen LogP contribution in [0.4, 0.5) is 4.79 Å². The molecule has 2 atom stereocenters. The average molecular weight is 246 g/mol. The number of urea groups is 1. The Morgan fingerprint density at radius 1 is 1.41 bits per heavy atom. The fourth-order valence-electron chi connectivity index (χ4n) is 1.43. The summed E-state index contributed by atoms with van der Waals surface area (Å²) in [6.45, 7) is 6.39. The van der Waals surface area contributed by atoms with E-state index >= 15 is 0 Å². The molecule has 100 valence electrons. The van der Waals surface area contributed by atoms with E-state index in [1.165, 1.54) is 7.11 Å². The zero-order valence-electron chi connectivity index (χ0n) is 10.9. The van der Waals surface area contributed by atoms with Gasteiger partial charge in [-0.1, -0.05) is 6.92 Å². The molecule has 17 heavy (non-hydrogen) atoms. The largest absolute Gasteiger partial charge is 0.479 e. The second-order valence-electron chi connectivity index (χ2n) is 3.79. The molecule has 2 amide bonds. The number of nitrogens with zero attached hydrogens (tertiary/aromatic N) is 1. The molecule has 0 saturated heterocycles. The molecule has 0 bridgehead atoms. The minimum atomic E-state index is -1.08. The predicted molar refractivity (Wildman–Crippen MR) is 64.0 cm³/mol. The Morgan fingerprint density at radius 3 is 2.35 bits per heavy atom. The molecule has 2 unspecified atom stereocenters. The number of hydrogen-bond acceptors (Lipinski definition) is 3. The highest BCUT2D eigenvalue weighted by Gasteiger charge is 2.21. The Labute approximate surface area is 102 Å². The van der Waals surface area contributed by atoms with E-state index in [9.17, 15) is 9.59 Å². The van der Waals surface area contributed by atoms with Crippen molar-refractivity contribution >= 4 is 12.0 Å². The molecule has 0 aliphatic carbocycles. The smallest absolute Gasteiger partial charge is 0.334 e. The Hall–Kier alpha value is -1.30. The van der Waals surface area contributed by atoms with Crippen molar-refractivity contribution in [3.05, 3.63) is 0 Å². The zero-order valence-corrected chi connectivity index (χ0v) is 10.9. The number of aliphatic carboxylic acids is 1. The monoisotopic (exact) mass is 246 g/mol. The van der Waals surface area contributed by atoms with Gasteiger partial charge in [0.2, 0.25) is 0 Å². The lowest BCUT2D eigenvalue weighted by atomic mass is 10.2. The third-order valence-corrected chi connectivity index (χ3v) is 2.72. The van der Waals surface area contributed by atoms with Gasteiger partial charge in [-0.05, 0) is 20.3 Å². The number of nitrogens with one attached hydrogen (secondary N) is 1. The summed E-state index contributed by atoms with van der Waals surface area (Å²) in [6, 6.07) is -0.129. The number of carboxylic acids is 1. The molecule has 0 spiro atoms. The number of rotatable bonds is 7. The van der Waals surface area contributed by atoms with Crippen LogP contribution in [0.5, 0.6) is 0 Å². The zero-order chi connectivity index (χ0) is 13.4. The second kappa shape index (κ2) is 7.89. The molecule has 0 aliphatic heterocycles. The summed E-state index contributed by atoms with van der Waals surface area (Å²) in [4.78, 5) is 24.1. The van der Waals surface area contributed by atoms with Crippen LogP contribution in [0.25, 0.3) is 0 Å². The lowest BCUT2D eigenvalue weighted by molar-refractivity contribution is -0.148. The van der Waals surface area contributed by atoms with Crippen molar-refractivity contribution in [2.45, 2.75) is 39.3 Å². The van der Waals surface area contributed by atoms with E-state index in [1.807, 2.05) is 20.8 Å². The van der Waals surface area contributed by atoms with Gasteiger partial charge in [0.15, 0.2) is 6.10 Å². The molecule has 0 heterocycles. The van der Waals surface area contributed by atoms with Crippen molar-refractivity contribution in [1.82, 2.24) is 10.2 Å². The maximum atomic E-state index is 11.8. The summed E-state index contributed by atoms with van der Waals surface area (Å²) in [6.07, 6.45) is -0.150. The van der Waals surface area contributed by atoms with Gasteiger partial charge in [0.05, 0.1) is 6.54 Å². The van der Waals surface area contributed by atoms with Gasteiger partial charge in [0, 0.05) is 19.7 Å². The Morgan fingerprint density at radius 2 is 2.00 bits per heavy atom. The summed E-state index contributed by atoms with van der Waals surface area (Å²) < 4.78 is 4.73. The van der Waals surface area contributed by atoms with Crippen molar-refractivity contribution < 1.29 is 19.4 Å². The van der Waals surface area contributed by atoms with E-state index in [0.717, 1.165) is 6.42 Å². The summed E-state index contributed by atoms with van der Waals surface area (Å²) in [5, 5.41) is 11.3. The summed E-state index contributed by atoms with van der Waals surface area (Å²) in [5.74, 6) is -1.08. The van der Waals surface area contributed by atoms with Gasteiger partial charge in [0.1, 0.15) is 0 Å². The lowest BCUT2D eigenvalue weighted by Gasteiger charge is -2.27. The van der Waals surface area contributed by atoms with Crippen LogP contribution >= 0.6 is 0 Å². The van der Waals surface area contributed by atoms with Gasteiger partial charge in [0.25, 0.3) is 0 Å². The molecule has 0 fully saturated rings. The molecule has 6 heteroatoms. The Kier molecular flexibility index (Phi) is 7.29. The summed E-state index contributed by atoms with van der Waals surface area (Å²) >= 11 is 0. The molecule has 0 saturated carbocycles. The molecule has 0 radical (unpaired) electrons. The van der Waals surface area contributed by atoms with Crippen molar-refractivity contribution in [1.29, 1.82) is 0 Å². The highest BCUT2D eigenvalue weighted by atomic mass is 16.5. The Balaban J connectivity index is 4.27. The number of carboxylic acid groups (broad SMARTS) is 1. The molecular weight excluding hydrogens is 224 g/mol. The van der Waals surface area contributed by atoms with Gasteiger partial charge < -0.3 is 20.1 Å². The van der Waals surface area contributed by atoms with Crippen LogP contribution in [-0.2, 0) is 9.53 Å². The van der Waals surface area contributed by atoms with Gasteiger partial charge in [-0.25, -0.2) is 9.59 Å². The van der Waals surface area contributed by atoms with Crippen LogP contribution in [0.2, 0.25) is 0 Å². The number of amides is 2. The third kappa shape index (κ3) is 5.04. The number of methoxy groups -OCH3 is 1. The molecule has 6 nitrogen and oxygen atoms in total. The first kappa shape index (κ1) is 15.7. The fourth-order valence-corrected chi connectivity index (χ4v) is 1.43. The van der Waals surface area contributed by atoms with E-state index in [2.05, 4.69) is 5.32 Å². The van der Waals surface area contributed by atoms with Gasteiger partial charge >= 0.3 is 12.0 Å². The molecule has 0 aliphatic rings. The number of ether oxygens (including phenoxy) is 1. The van der Waals surface area contributed by atoms with Gasteiger partial charge in [-0.15, -0.1) is 0 Å². The van der Waals surface area contributed by atoms with Crippen LogP contribution in [0.3, 0.4) is 0 Å². The van der Waals surface area contributed by atoms with Gasteiger partial charge in [-0.3, -0.25) is 0 Å². The Bertz CT molecular complexity index is 258. The van der Waals surface area contributed by atoms with E-state index in [-0.39, 0.29) is 18.6 Å². The first-order valence-corrected chi connectivity index (χ1v) is 5.77. The predicted octanol–water partition coefficient (Wildman–Crippen LogP) is 0.916. The first-order chi connectivity index (χ1) is 7.97. The summed E-state index contributed by atoms with van der Waals surface area (Å²) in [7, 11) is 1.30. The maximum Gasteiger partial charge on any atom is 0.334 e. The minimum Gasteiger partial charge on any atom is -0.479 e. The molecule has 2 N–H and O–H groups in total. The molecule has 0 aromatic carbocycles. The topological polar surface area (TPSA) is 78.9 Å². The molecular formula is C11H22N2O4. The highest BCUT2D eigenvalue weighted by Crippen LogP contribution is 2.03. The standard InChI is InChI=1S/C11H22N2O4/c1-5-8(3)13(6-2)11(16)12-7-9(17-4)10(14)15/h8-9H,5-7H2,1-4H3,(H,12,16)(H,14,15). The van der Waals surface area contributed by atoms with Crippen molar-refractivity contribution in [3.8, 4) is 0 Å². The van der Waals surface area contributed by atoms with Crippen LogP contribution in [-0.4, -0.2) is 54.4 Å². The van der Waals surface area contributed by atoms with E-state index in [0.29, 0.717) is 6.54 Å². The molecule has 0 aromatic rings. The normalized spacial score (nSPS) is 13.9. The van der Waals surface area contributed by atoms with Crippen molar-refractivity contribution in [3.63, 3.8) is 0 Å². The lowest BCUT2D eigenvalue weighted by Crippen LogP contribution is -2.48. The average Bonchev–Trinajstić information content (AvgIpc) is 2.29.